The van der Waals surface area contributed by atoms with E-state index in [9.17, 15) is 22.6 Å². The molecular weight excluding hydrogens is 484 g/mol. The van der Waals surface area contributed by atoms with Crippen LogP contribution < -0.4 is 5.32 Å². The molecule has 0 aromatic heterocycles. The molecule has 1 N–H and O–H groups in total. The van der Waals surface area contributed by atoms with Gasteiger partial charge in [-0.15, -0.1) is 0 Å². The van der Waals surface area contributed by atoms with Gasteiger partial charge in [-0.1, -0.05) is 84.0 Å². The second-order valence-electron chi connectivity index (χ2n) is 10.4. The van der Waals surface area contributed by atoms with Gasteiger partial charge in [-0.25, -0.2) is 8.42 Å². The first-order chi connectivity index (χ1) is 16.8. The third-order valence-electron chi connectivity index (χ3n) is 5.67. The predicted molar refractivity (Wildman–Crippen MR) is 143 cm³/mol. The summed E-state index contributed by atoms with van der Waals surface area (Å²) in [5.74, 6) is -0.456. The van der Waals surface area contributed by atoms with Crippen LogP contribution in [0.2, 0.25) is 0 Å². The number of nitrogens with one attached hydrogen (secondary N) is 1. The molecule has 0 fully saturated rings. The van der Waals surface area contributed by atoms with E-state index < -0.39 is 16.5 Å². The summed E-state index contributed by atoms with van der Waals surface area (Å²) in [4.78, 5) is 23.9. The van der Waals surface area contributed by atoms with Gasteiger partial charge < -0.3 is 19.1 Å². The lowest BCUT2D eigenvalue weighted by atomic mass is 10.0. The fourth-order valence-electron chi connectivity index (χ4n) is 3.51. The second-order valence-corrected chi connectivity index (χ2v) is 11.5. The largest absolute Gasteiger partial charge is 0.726 e. The fraction of sp³-hybridized carbons (Fsp3) is 0.923. The highest BCUT2D eigenvalue weighted by Gasteiger charge is 2.17. The molecule has 1 atom stereocenters. The van der Waals surface area contributed by atoms with Crippen molar-refractivity contribution < 1.29 is 36.0 Å². The van der Waals surface area contributed by atoms with Crippen LogP contribution >= 0.6 is 0 Å². The first kappa shape index (κ1) is 36.9. The highest BCUT2D eigenvalue weighted by atomic mass is 32.3. The third-order valence-corrected chi connectivity index (χ3v) is 6.08. The number of carbonyl (C=O) groups excluding carboxylic acids is 2. The summed E-state index contributed by atoms with van der Waals surface area (Å²) in [5, 5.41) is 2.85. The third kappa shape index (κ3) is 30.8. The minimum atomic E-state index is -4.41. The summed E-state index contributed by atoms with van der Waals surface area (Å²) < 4.78 is 37.2. The SMILES string of the molecule is CCCCCCCCCCCCCCCC(=O)OC(C)C(=O)NCCC[N+](C)(C)C.COS(=O)(=O)[O-]. The van der Waals surface area contributed by atoms with Crippen LogP contribution in [0.1, 0.15) is 110 Å². The van der Waals surface area contributed by atoms with Gasteiger partial charge in [0.25, 0.3) is 5.91 Å². The normalized spacial score (nSPS) is 12.4. The number of quaternary nitrogens is 1. The molecule has 0 bridgehead atoms. The van der Waals surface area contributed by atoms with Gasteiger partial charge in [0.15, 0.2) is 6.10 Å². The van der Waals surface area contributed by atoms with Crippen molar-refractivity contribution in [1.29, 1.82) is 0 Å². The number of hydrogen-bond acceptors (Lipinski definition) is 7. The standard InChI is InChI=1S/C25H50N2O3.CH4O4S/c1-6-7-8-9-10-11-12-13-14-15-16-17-18-20-24(28)30-23(2)25(29)26-21-19-22-27(3,4)5;1-5-6(2,3)4/h23H,6-22H2,1-5H3;1H3,(H,2,3,4). The quantitative estimate of drug-likeness (QED) is 0.0738. The van der Waals surface area contributed by atoms with E-state index in [1.54, 1.807) is 6.92 Å². The lowest BCUT2D eigenvalue weighted by Crippen LogP contribution is -2.40. The van der Waals surface area contributed by atoms with Crippen molar-refractivity contribution in [1.82, 2.24) is 5.32 Å². The van der Waals surface area contributed by atoms with Gasteiger partial charge in [-0.05, 0) is 13.3 Å². The van der Waals surface area contributed by atoms with Crippen LogP contribution in [0.15, 0.2) is 0 Å². The van der Waals surface area contributed by atoms with Crippen LogP contribution in [0.4, 0.5) is 0 Å². The maximum atomic E-state index is 12.0. The maximum absolute atomic E-state index is 12.0. The zero-order valence-electron chi connectivity index (χ0n) is 23.8. The molecule has 0 heterocycles. The molecule has 0 spiro atoms. The summed E-state index contributed by atoms with van der Waals surface area (Å²) in [7, 11) is 2.78. The molecule has 9 nitrogen and oxygen atoms in total. The minimum absolute atomic E-state index is 0.199. The fourth-order valence-corrected chi connectivity index (χ4v) is 3.51. The molecule has 0 aliphatic carbocycles. The number of amides is 1. The van der Waals surface area contributed by atoms with Crippen molar-refractivity contribution >= 4 is 22.3 Å². The molecule has 0 saturated heterocycles. The molecule has 0 aliphatic rings. The summed E-state index contributed by atoms with van der Waals surface area (Å²) >= 11 is 0. The molecule has 0 radical (unpaired) electrons. The summed E-state index contributed by atoms with van der Waals surface area (Å²) in [6.07, 6.45) is 17.3. The topological polar surface area (TPSA) is 122 Å². The monoisotopic (exact) mass is 538 g/mol. The smallest absolute Gasteiger partial charge is 0.306 e. The van der Waals surface area contributed by atoms with Crippen LogP contribution in [0.25, 0.3) is 0 Å². The number of ether oxygens (including phenoxy) is 1. The summed E-state index contributed by atoms with van der Waals surface area (Å²) in [6, 6.07) is 0. The Morgan fingerprint density at radius 1 is 0.833 bits per heavy atom. The highest BCUT2D eigenvalue weighted by Crippen LogP contribution is 2.13. The van der Waals surface area contributed by atoms with Gasteiger partial charge in [0.2, 0.25) is 10.4 Å². The molecular formula is C26H54N2O7S. The number of carbonyl (C=O) groups is 2. The summed E-state index contributed by atoms with van der Waals surface area (Å²) in [5.41, 5.74) is 0. The highest BCUT2D eigenvalue weighted by molar-refractivity contribution is 7.80. The Morgan fingerprint density at radius 3 is 1.64 bits per heavy atom. The molecule has 0 aromatic rings. The van der Waals surface area contributed by atoms with Crippen molar-refractivity contribution in [2.45, 2.75) is 116 Å². The van der Waals surface area contributed by atoms with E-state index in [1.165, 1.54) is 70.6 Å². The number of unbranched alkanes of at least 4 members (excludes halogenated alkanes) is 12. The molecule has 1 unspecified atom stereocenters. The van der Waals surface area contributed by atoms with Crippen molar-refractivity contribution in [3.63, 3.8) is 0 Å². The van der Waals surface area contributed by atoms with Crippen molar-refractivity contribution in [3.05, 3.63) is 0 Å². The van der Waals surface area contributed by atoms with Crippen molar-refractivity contribution in [2.75, 3.05) is 41.3 Å². The van der Waals surface area contributed by atoms with Crippen LogP contribution in [-0.2, 0) is 28.9 Å². The Morgan fingerprint density at radius 2 is 1.25 bits per heavy atom. The van der Waals surface area contributed by atoms with E-state index in [-0.39, 0.29) is 11.9 Å². The zero-order valence-corrected chi connectivity index (χ0v) is 24.6. The van der Waals surface area contributed by atoms with Crippen LogP contribution in [0.3, 0.4) is 0 Å². The van der Waals surface area contributed by atoms with Gasteiger partial charge in [0, 0.05) is 19.4 Å². The summed E-state index contributed by atoms with van der Waals surface area (Å²) in [6.45, 7) is 5.53. The van der Waals surface area contributed by atoms with Gasteiger partial charge >= 0.3 is 5.97 Å². The molecule has 36 heavy (non-hydrogen) atoms. The van der Waals surface area contributed by atoms with Gasteiger partial charge in [0.05, 0.1) is 34.8 Å². The maximum Gasteiger partial charge on any atom is 0.306 e. The van der Waals surface area contributed by atoms with Crippen molar-refractivity contribution in [2.24, 2.45) is 0 Å². The Bertz CT molecular complexity index is 649. The van der Waals surface area contributed by atoms with Crippen LogP contribution in [0.5, 0.6) is 0 Å². The Labute approximate surface area is 221 Å². The van der Waals surface area contributed by atoms with E-state index in [0.29, 0.717) is 13.0 Å². The Kier molecular flexibility index (Phi) is 23.5. The zero-order chi connectivity index (χ0) is 27.9. The van der Waals surface area contributed by atoms with Gasteiger partial charge in [0.1, 0.15) is 0 Å². The second kappa shape index (κ2) is 22.9. The molecule has 216 valence electrons. The first-order valence-electron chi connectivity index (χ1n) is 13.6. The van der Waals surface area contributed by atoms with Gasteiger partial charge in [-0.3, -0.25) is 13.8 Å². The van der Waals surface area contributed by atoms with E-state index in [1.807, 2.05) is 0 Å². The predicted octanol–water partition coefficient (Wildman–Crippen LogP) is 4.70. The average molecular weight is 539 g/mol. The Hall–Kier alpha value is -1.23. The molecule has 0 saturated carbocycles. The molecule has 1 amide bonds. The average Bonchev–Trinajstić information content (AvgIpc) is 2.79. The van der Waals surface area contributed by atoms with Gasteiger partial charge in [-0.2, -0.15) is 0 Å². The minimum Gasteiger partial charge on any atom is -0.726 e. The van der Waals surface area contributed by atoms with Crippen molar-refractivity contribution in [3.8, 4) is 0 Å². The first-order valence-corrected chi connectivity index (χ1v) is 14.9. The molecule has 0 aliphatic heterocycles. The number of rotatable bonds is 21. The molecule has 0 aromatic carbocycles. The number of hydrogen-bond donors (Lipinski definition) is 1. The van der Waals surface area contributed by atoms with Crippen LogP contribution in [0, 0.1) is 0 Å². The van der Waals surface area contributed by atoms with E-state index in [2.05, 4.69) is 37.6 Å². The van der Waals surface area contributed by atoms with E-state index in [0.717, 1.165) is 37.4 Å². The van der Waals surface area contributed by atoms with Crippen LogP contribution in [-0.4, -0.2) is 76.8 Å². The lowest BCUT2D eigenvalue weighted by molar-refractivity contribution is -0.870. The van der Waals surface area contributed by atoms with E-state index >= 15 is 0 Å². The lowest BCUT2D eigenvalue weighted by Gasteiger charge is -2.23. The molecule has 0 rings (SSSR count). The van der Waals surface area contributed by atoms with E-state index in [4.69, 9.17) is 4.74 Å². The number of nitrogens with zero attached hydrogens (tertiary/aromatic N) is 1. The Balaban J connectivity index is 0. The molecule has 10 heteroatoms. The number of esters is 1.